The number of urea groups is 1. The van der Waals surface area contributed by atoms with Crippen LogP contribution in [0.2, 0.25) is 0 Å². The maximum absolute atomic E-state index is 12.8. The van der Waals surface area contributed by atoms with Crippen LogP contribution in [0.1, 0.15) is 23.4 Å². The molecular weight excluding hydrogens is 495 g/mol. The summed E-state index contributed by atoms with van der Waals surface area (Å²) < 4.78 is 12.8. The van der Waals surface area contributed by atoms with Gasteiger partial charge in [0.2, 0.25) is 5.95 Å². The standard InChI is InChI=1S/C20H29N7O.C9H8FN/c1-16-8-9-21-19(23-16)24-17-4-6-18(7-5-17)26-12-14-27(15-13-26)20(28)22-10-11-25(2)3;10-8-2-1-3-9-7(6-8)4-5-11-9/h4-9H,10-15H2,1-3H3,(H,22,28)(H,21,23,24);1,3-6,11H,2H2. The summed E-state index contributed by atoms with van der Waals surface area (Å²) in [5.74, 6) is 0.515. The second-order valence-corrected chi connectivity index (χ2v) is 9.75. The number of aryl methyl sites for hydroxylation is 1. The van der Waals surface area contributed by atoms with E-state index >= 15 is 0 Å². The number of hydrogen-bond donors (Lipinski definition) is 3. The highest BCUT2D eigenvalue weighted by Gasteiger charge is 2.21. The Bertz CT molecular complexity index is 1280. The van der Waals surface area contributed by atoms with Crippen LogP contribution < -0.4 is 15.5 Å². The highest BCUT2D eigenvalue weighted by atomic mass is 19.1. The number of fused-ring (bicyclic) bond motifs is 1. The number of aromatic amines is 1. The highest BCUT2D eigenvalue weighted by Crippen LogP contribution is 2.22. The minimum absolute atomic E-state index is 0.0270. The Balaban J connectivity index is 0.000000265. The first-order chi connectivity index (χ1) is 18.9. The summed E-state index contributed by atoms with van der Waals surface area (Å²) in [6.45, 7) is 6.57. The number of benzene rings is 1. The van der Waals surface area contributed by atoms with Crippen LogP contribution in [-0.2, 0) is 0 Å². The number of rotatable bonds is 6. The predicted octanol–water partition coefficient (Wildman–Crippen LogP) is 4.66. The molecule has 2 aliphatic rings. The molecule has 1 fully saturated rings. The zero-order chi connectivity index (χ0) is 27.6. The lowest BCUT2D eigenvalue weighted by molar-refractivity contribution is 0.193. The molecule has 10 heteroatoms. The van der Waals surface area contributed by atoms with Crippen LogP contribution in [-0.4, -0.2) is 84.1 Å². The second kappa shape index (κ2) is 13.6. The van der Waals surface area contributed by atoms with E-state index in [0.717, 1.165) is 61.0 Å². The van der Waals surface area contributed by atoms with Gasteiger partial charge in [-0.05, 0) is 69.6 Å². The second-order valence-electron chi connectivity index (χ2n) is 9.75. The minimum atomic E-state index is -0.0837. The zero-order valence-electron chi connectivity index (χ0n) is 22.8. The molecule has 1 aliphatic carbocycles. The molecule has 0 bridgehead atoms. The van der Waals surface area contributed by atoms with Gasteiger partial charge in [0.05, 0.1) is 0 Å². The maximum Gasteiger partial charge on any atom is 0.317 e. The summed E-state index contributed by atoms with van der Waals surface area (Å²) in [6, 6.07) is 12.0. The van der Waals surface area contributed by atoms with Gasteiger partial charge in [-0.2, -0.15) is 0 Å². The van der Waals surface area contributed by atoms with Gasteiger partial charge < -0.3 is 30.3 Å². The monoisotopic (exact) mass is 532 g/mol. The first kappa shape index (κ1) is 27.8. The number of halogens is 1. The number of likely N-dealkylation sites (N-methyl/N-ethyl adjacent to an activating group) is 1. The molecule has 2 amide bonds. The summed E-state index contributed by atoms with van der Waals surface area (Å²) in [4.78, 5) is 30.1. The Morgan fingerprint density at radius 1 is 1.10 bits per heavy atom. The van der Waals surface area contributed by atoms with Crippen molar-refractivity contribution in [2.75, 3.05) is 63.6 Å². The number of hydrogen-bond acceptors (Lipinski definition) is 6. The summed E-state index contributed by atoms with van der Waals surface area (Å²) in [7, 11) is 4.00. The highest BCUT2D eigenvalue weighted by molar-refractivity contribution is 5.74. The number of allylic oxidation sites excluding steroid dienone is 2. The van der Waals surface area contributed by atoms with E-state index in [-0.39, 0.29) is 11.9 Å². The van der Waals surface area contributed by atoms with E-state index in [1.165, 1.54) is 0 Å². The molecule has 39 heavy (non-hydrogen) atoms. The van der Waals surface area contributed by atoms with Gasteiger partial charge >= 0.3 is 6.03 Å². The zero-order valence-corrected chi connectivity index (χ0v) is 22.8. The van der Waals surface area contributed by atoms with Crippen molar-refractivity contribution < 1.29 is 9.18 Å². The van der Waals surface area contributed by atoms with Gasteiger partial charge in [-0.3, -0.25) is 0 Å². The number of H-pyrrole nitrogens is 1. The molecule has 0 spiro atoms. The van der Waals surface area contributed by atoms with Crippen LogP contribution >= 0.6 is 0 Å². The Hall–Kier alpha value is -4.18. The summed E-state index contributed by atoms with van der Waals surface area (Å²) in [6.07, 6.45) is 9.24. The average Bonchev–Trinajstić information content (AvgIpc) is 3.28. The number of nitrogens with one attached hydrogen (secondary N) is 3. The average molecular weight is 533 g/mol. The molecular formula is C29H37FN8O. The Kier molecular flexibility index (Phi) is 9.69. The number of piperazine rings is 1. The van der Waals surface area contributed by atoms with E-state index in [1.807, 2.05) is 68.5 Å². The van der Waals surface area contributed by atoms with Gasteiger partial charge in [0.1, 0.15) is 5.83 Å². The quantitative estimate of drug-likeness (QED) is 0.428. The first-order valence-electron chi connectivity index (χ1n) is 13.2. The molecule has 3 N–H and O–H groups in total. The molecule has 0 atom stereocenters. The van der Waals surface area contributed by atoms with Gasteiger partial charge in [0.25, 0.3) is 0 Å². The fourth-order valence-corrected chi connectivity index (χ4v) is 4.24. The third-order valence-electron chi connectivity index (χ3n) is 6.41. The van der Waals surface area contributed by atoms with Crippen LogP contribution in [0.4, 0.5) is 26.5 Å². The van der Waals surface area contributed by atoms with Crippen molar-refractivity contribution in [1.29, 1.82) is 0 Å². The van der Waals surface area contributed by atoms with Gasteiger partial charge in [-0.15, -0.1) is 0 Å². The molecule has 0 saturated carbocycles. The van der Waals surface area contributed by atoms with E-state index in [4.69, 9.17) is 0 Å². The van der Waals surface area contributed by atoms with Crippen LogP contribution in [0, 0.1) is 6.92 Å². The van der Waals surface area contributed by atoms with Crippen LogP contribution in [0.5, 0.6) is 0 Å². The lowest BCUT2D eigenvalue weighted by Gasteiger charge is -2.36. The SMILES string of the molecule is Cc1ccnc(Nc2ccc(N3CCN(C(=O)NCCN(C)C)CC3)cc2)n1.FC1=Cc2cc[nH]c2C=CC1. The molecule has 3 aromatic rings. The van der Waals surface area contributed by atoms with Gasteiger partial charge in [-0.1, -0.05) is 6.08 Å². The molecule has 1 saturated heterocycles. The number of anilines is 3. The Morgan fingerprint density at radius 2 is 1.87 bits per heavy atom. The molecule has 0 radical (unpaired) electrons. The van der Waals surface area contributed by atoms with E-state index in [9.17, 15) is 9.18 Å². The largest absolute Gasteiger partial charge is 0.368 e. The van der Waals surface area contributed by atoms with Gasteiger partial charge in [0.15, 0.2) is 0 Å². The predicted molar refractivity (Wildman–Crippen MR) is 156 cm³/mol. The molecule has 9 nitrogen and oxygen atoms in total. The van der Waals surface area contributed by atoms with Crippen LogP contribution in [0.25, 0.3) is 12.2 Å². The molecule has 3 heterocycles. The smallest absolute Gasteiger partial charge is 0.317 e. The fourth-order valence-electron chi connectivity index (χ4n) is 4.24. The van der Waals surface area contributed by atoms with E-state index in [0.29, 0.717) is 18.9 Å². The Labute approximate surface area is 229 Å². The van der Waals surface area contributed by atoms with Crippen LogP contribution in [0.15, 0.2) is 60.7 Å². The molecule has 0 unspecified atom stereocenters. The van der Waals surface area contributed by atoms with E-state index < -0.39 is 0 Å². The molecule has 206 valence electrons. The number of carbonyl (C=O) groups is 1. The Morgan fingerprint density at radius 3 is 2.59 bits per heavy atom. The minimum Gasteiger partial charge on any atom is -0.368 e. The normalized spacial score (nSPS) is 14.6. The molecule has 1 aliphatic heterocycles. The lowest BCUT2D eigenvalue weighted by atomic mass is 10.2. The van der Waals surface area contributed by atoms with Crippen molar-refractivity contribution in [1.82, 2.24) is 30.1 Å². The molecule has 5 rings (SSSR count). The van der Waals surface area contributed by atoms with E-state index in [1.54, 1.807) is 12.3 Å². The van der Waals surface area contributed by atoms with Crippen molar-refractivity contribution in [2.24, 2.45) is 0 Å². The van der Waals surface area contributed by atoms with Crippen molar-refractivity contribution in [3.8, 4) is 0 Å². The first-order valence-corrected chi connectivity index (χ1v) is 13.2. The van der Waals surface area contributed by atoms with Crippen molar-refractivity contribution >= 4 is 35.5 Å². The number of amides is 2. The third-order valence-corrected chi connectivity index (χ3v) is 6.41. The fraction of sp³-hybridized carbons (Fsp3) is 0.345. The molecule has 1 aromatic carbocycles. The van der Waals surface area contributed by atoms with Gasteiger partial charge in [0, 0.05) is 86.4 Å². The van der Waals surface area contributed by atoms with Crippen molar-refractivity contribution in [3.63, 3.8) is 0 Å². The van der Waals surface area contributed by atoms with Crippen LogP contribution in [0.3, 0.4) is 0 Å². The van der Waals surface area contributed by atoms with Crippen molar-refractivity contribution in [2.45, 2.75) is 13.3 Å². The summed E-state index contributed by atoms with van der Waals surface area (Å²) in [5.41, 5.74) is 4.95. The number of carbonyl (C=O) groups excluding carboxylic acids is 1. The third kappa shape index (κ3) is 8.41. The van der Waals surface area contributed by atoms with E-state index in [2.05, 4.69) is 47.5 Å². The number of nitrogens with zero attached hydrogens (tertiary/aromatic N) is 5. The molecule has 2 aromatic heterocycles. The topological polar surface area (TPSA) is 92.4 Å². The summed E-state index contributed by atoms with van der Waals surface area (Å²) in [5, 5.41) is 6.20. The maximum atomic E-state index is 12.8. The lowest BCUT2D eigenvalue weighted by Crippen LogP contribution is -2.52. The van der Waals surface area contributed by atoms with Gasteiger partial charge in [-0.25, -0.2) is 19.2 Å². The van der Waals surface area contributed by atoms with Crippen molar-refractivity contribution in [3.05, 3.63) is 77.6 Å². The number of aromatic nitrogens is 3. The summed E-state index contributed by atoms with van der Waals surface area (Å²) >= 11 is 0.